The minimum Gasteiger partial charge on any atom is -0.399 e. The van der Waals surface area contributed by atoms with Crippen molar-refractivity contribution in [2.75, 3.05) is 49.2 Å². The number of rotatable bonds is 4. The summed E-state index contributed by atoms with van der Waals surface area (Å²) in [5.41, 5.74) is 9.29. The van der Waals surface area contributed by atoms with Crippen LogP contribution in [-0.2, 0) is 0 Å². The average Bonchev–Trinajstić information content (AvgIpc) is 2.80. The Morgan fingerprint density at radius 3 is 2.44 bits per heavy atom. The van der Waals surface area contributed by atoms with E-state index < -0.39 is 0 Å². The molecule has 0 unspecified atom stereocenters. The normalized spacial score (nSPS) is 14.6. The summed E-state index contributed by atoms with van der Waals surface area (Å²) < 4.78 is 1.58. The van der Waals surface area contributed by atoms with Gasteiger partial charge >= 0.3 is 0 Å². The minimum absolute atomic E-state index is 0.241. The zero-order chi connectivity index (χ0) is 22.1. The van der Waals surface area contributed by atoms with Crippen LogP contribution in [0.3, 0.4) is 0 Å². The van der Waals surface area contributed by atoms with Crippen LogP contribution in [0, 0.1) is 0 Å². The molecule has 9 nitrogen and oxygen atoms in total. The second-order valence-electron chi connectivity index (χ2n) is 7.90. The summed E-state index contributed by atoms with van der Waals surface area (Å²) in [6, 6.07) is 13.0. The second kappa shape index (κ2) is 8.27. The summed E-state index contributed by atoms with van der Waals surface area (Å²) in [7, 11) is 2.14. The summed E-state index contributed by atoms with van der Waals surface area (Å²) in [5, 5.41) is 3.23. The quantitative estimate of drug-likeness (QED) is 0.477. The largest absolute Gasteiger partial charge is 0.399 e. The summed E-state index contributed by atoms with van der Waals surface area (Å²) in [6.45, 7) is 4.07. The number of nitrogens with two attached hydrogens (primary N) is 1. The fourth-order valence-electron chi connectivity index (χ4n) is 3.86. The van der Waals surface area contributed by atoms with Crippen LogP contribution in [0.5, 0.6) is 0 Å². The van der Waals surface area contributed by atoms with Crippen LogP contribution in [-0.4, -0.2) is 57.6 Å². The number of nitrogens with zero attached hydrogens (tertiary/aromatic N) is 6. The highest BCUT2D eigenvalue weighted by molar-refractivity contribution is 5.79. The Morgan fingerprint density at radius 1 is 0.875 bits per heavy atom. The molecular weight excluding hydrogens is 404 g/mol. The van der Waals surface area contributed by atoms with E-state index in [1.54, 1.807) is 29.0 Å². The van der Waals surface area contributed by atoms with Gasteiger partial charge in [-0.25, -0.2) is 15.0 Å². The number of pyridine rings is 2. The maximum absolute atomic E-state index is 12.6. The topological polar surface area (TPSA) is 105 Å². The molecule has 32 heavy (non-hydrogen) atoms. The fourth-order valence-corrected chi connectivity index (χ4v) is 3.86. The van der Waals surface area contributed by atoms with Crippen molar-refractivity contribution in [3.8, 4) is 5.69 Å². The van der Waals surface area contributed by atoms with E-state index in [0.29, 0.717) is 34.0 Å². The molecule has 0 spiro atoms. The predicted molar refractivity (Wildman–Crippen MR) is 127 cm³/mol. The van der Waals surface area contributed by atoms with Crippen LogP contribution in [0.2, 0.25) is 0 Å². The first-order valence-corrected chi connectivity index (χ1v) is 10.5. The fraction of sp³-hybridized carbons (Fsp3) is 0.217. The molecule has 3 N–H and O–H groups in total. The SMILES string of the molecule is CN1CCN(c2ccc(Nc3cc4c(cn3)ncc(=O)n4-c3cccc(N)c3)nc2)CC1. The highest BCUT2D eigenvalue weighted by Gasteiger charge is 2.14. The number of aromatic nitrogens is 4. The van der Waals surface area contributed by atoms with Crippen LogP contribution >= 0.6 is 0 Å². The van der Waals surface area contributed by atoms with E-state index >= 15 is 0 Å². The van der Waals surface area contributed by atoms with Crippen molar-refractivity contribution in [3.63, 3.8) is 0 Å². The van der Waals surface area contributed by atoms with Gasteiger partial charge in [-0.2, -0.15) is 0 Å². The van der Waals surface area contributed by atoms with Crippen molar-refractivity contribution in [1.29, 1.82) is 0 Å². The summed E-state index contributed by atoms with van der Waals surface area (Å²) in [6.07, 6.45) is 4.80. The molecule has 0 saturated carbocycles. The Kier molecular flexibility index (Phi) is 5.16. The van der Waals surface area contributed by atoms with Gasteiger partial charge in [0.1, 0.15) is 17.2 Å². The molecule has 1 aromatic carbocycles. The number of nitrogen functional groups attached to an aromatic ring is 1. The molecule has 0 atom stereocenters. The van der Waals surface area contributed by atoms with Crippen molar-refractivity contribution in [1.82, 2.24) is 24.4 Å². The van der Waals surface area contributed by atoms with Crippen LogP contribution < -0.4 is 21.5 Å². The molecule has 9 heteroatoms. The molecule has 3 aromatic heterocycles. The third-order valence-corrected chi connectivity index (χ3v) is 5.64. The van der Waals surface area contributed by atoms with Crippen molar-refractivity contribution >= 4 is 34.0 Å². The molecule has 4 aromatic rings. The van der Waals surface area contributed by atoms with Crippen molar-refractivity contribution < 1.29 is 0 Å². The second-order valence-corrected chi connectivity index (χ2v) is 7.90. The lowest BCUT2D eigenvalue weighted by Gasteiger charge is -2.33. The van der Waals surface area contributed by atoms with E-state index in [0.717, 1.165) is 31.9 Å². The lowest BCUT2D eigenvalue weighted by molar-refractivity contribution is 0.313. The number of benzene rings is 1. The smallest absolute Gasteiger partial charge is 0.274 e. The number of piperazine rings is 1. The molecule has 1 saturated heterocycles. The van der Waals surface area contributed by atoms with Crippen molar-refractivity contribution in [2.24, 2.45) is 0 Å². The molecule has 0 amide bonds. The van der Waals surface area contributed by atoms with Gasteiger partial charge in [-0.05, 0) is 37.4 Å². The van der Waals surface area contributed by atoms with E-state index in [9.17, 15) is 4.79 Å². The van der Waals surface area contributed by atoms with Gasteiger partial charge in [0.15, 0.2) is 0 Å². The first-order valence-electron chi connectivity index (χ1n) is 10.5. The maximum Gasteiger partial charge on any atom is 0.274 e. The van der Waals surface area contributed by atoms with Crippen LogP contribution in [0.25, 0.3) is 16.7 Å². The number of likely N-dealkylation sites (N-methyl/N-ethyl adjacent to an activating group) is 1. The Morgan fingerprint density at radius 2 is 1.69 bits per heavy atom. The van der Waals surface area contributed by atoms with Gasteiger partial charge < -0.3 is 20.9 Å². The van der Waals surface area contributed by atoms with Crippen LogP contribution in [0.1, 0.15) is 0 Å². The molecule has 4 heterocycles. The van der Waals surface area contributed by atoms with Gasteiger partial charge in [-0.1, -0.05) is 6.07 Å². The van der Waals surface area contributed by atoms with E-state index in [-0.39, 0.29) is 5.56 Å². The third-order valence-electron chi connectivity index (χ3n) is 5.64. The zero-order valence-corrected chi connectivity index (χ0v) is 17.8. The number of hydrogen-bond acceptors (Lipinski definition) is 8. The number of anilines is 4. The maximum atomic E-state index is 12.6. The molecule has 162 valence electrons. The Balaban J connectivity index is 1.44. The number of hydrogen-bond donors (Lipinski definition) is 2. The molecule has 0 radical (unpaired) electrons. The molecule has 5 rings (SSSR count). The molecule has 0 bridgehead atoms. The minimum atomic E-state index is -0.241. The Labute approximate surface area is 185 Å². The Bertz CT molecular complexity index is 1310. The van der Waals surface area contributed by atoms with E-state index in [2.05, 4.69) is 43.2 Å². The van der Waals surface area contributed by atoms with Crippen molar-refractivity contribution in [3.05, 3.63) is 71.4 Å². The summed E-state index contributed by atoms with van der Waals surface area (Å²) in [4.78, 5) is 30.5. The summed E-state index contributed by atoms with van der Waals surface area (Å²) in [5.74, 6) is 1.25. The predicted octanol–water partition coefficient (Wildman–Crippen LogP) is 2.25. The van der Waals surface area contributed by atoms with Gasteiger partial charge in [0.25, 0.3) is 5.56 Å². The van der Waals surface area contributed by atoms with Crippen LogP contribution in [0.4, 0.5) is 23.0 Å². The molecule has 1 aliphatic rings. The highest BCUT2D eigenvalue weighted by Crippen LogP contribution is 2.22. The van der Waals surface area contributed by atoms with Gasteiger partial charge in [-0.15, -0.1) is 0 Å². The molecular formula is C23H24N8O. The average molecular weight is 429 g/mol. The van der Waals surface area contributed by atoms with Crippen molar-refractivity contribution in [2.45, 2.75) is 0 Å². The lowest BCUT2D eigenvalue weighted by atomic mass is 10.2. The van der Waals surface area contributed by atoms with Gasteiger partial charge in [0, 0.05) is 37.9 Å². The number of nitrogens with one attached hydrogen (secondary N) is 1. The van der Waals surface area contributed by atoms with Gasteiger partial charge in [0.05, 0.1) is 35.5 Å². The lowest BCUT2D eigenvalue weighted by Crippen LogP contribution is -2.44. The monoisotopic (exact) mass is 428 g/mol. The molecule has 0 aliphatic carbocycles. The van der Waals surface area contributed by atoms with E-state index in [1.165, 1.54) is 6.20 Å². The third kappa shape index (κ3) is 3.97. The van der Waals surface area contributed by atoms with Gasteiger partial charge in [-0.3, -0.25) is 9.36 Å². The van der Waals surface area contributed by atoms with E-state index in [4.69, 9.17) is 5.73 Å². The standard InChI is InChI=1S/C23H24N8O/c1-29-7-9-30(10-8-29)18-5-6-21(26-13-18)28-22-12-20-19(14-27-22)25-15-23(32)31(20)17-4-2-3-16(24)11-17/h2-6,11-15H,7-10,24H2,1H3,(H,26,27,28). The summed E-state index contributed by atoms with van der Waals surface area (Å²) >= 11 is 0. The first-order chi connectivity index (χ1) is 15.6. The first kappa shape index (κ1) is 20.0. The highest BCUT2D eigenvalue weighted by atomic mass is 16.1. The molecule has 1 fully saturated rings. The Hall–Kier alpha value is -3.98. The molecule has 1 aliphatic heterocycles. The van der Waals surface area contributed by atoms with Gasteiger partial charge in [0.2, 0.25) is 0 Å². The number of fused-ring (bicyclic) bond motifs is 1. The zero-order valence-electron chi connectivity index (χ0n) is 17.8. The van der Waals surface area contributed by atoms with E-state index in [1.807, 2.05) is 24.4 Å². The van der Waals surface area contributed by atoms with Crippen LogP contribution in [0.15, 0.2) is 65.8 Å².